The molecule has 1 unspecified atom stereocenters. The lowest BCUT2D eigenvalue weighted by atomic mass is 9.93. The van der Waals surface area contributed by atoms with Crippen molar-refractivity contribution in [3.63, 3.8) is 0 Å². The lowest BCUT2D eigenvalue weighted by Crippen LogP contribution is -2.25. The van der Waals surface area contributed by atoms with Crippen LogP contribution >= 0.6 is 0 Å². The van der Waals surface area contributed by atoms with E-state index in [9.17, 15) is 0 Å². The van der Waals surface area contributed by atoms with Crippen LogP contribution in [0.2, 0.25) is 0 Å². The van der Waals surface area contributed by atoms with Crippen LogP contribution in [0.3, 0.4) is 0 Å². The molecule has 0 aromatic heterocycles. The zero-order valence-electron chi connectivity index (χ0n) is 13.2. The summed E-state index contributed by atoms with van der Waals surface area (Å²) >= 11 is 0. The molecule has 0 fully saturated rings. The highest BCUT2D eigenvalue weighted by Crippen LogP contribution is 2.19. The maximum absolute atomic E-state index is 5.03. The van der Waals surface area contributed by atoms with E-state index in [1.165, 1.54) is 35.1 Å². The molecule has 0 spiro atoms. The van der Waals surface area contributed by atoms with Gasteiger partial charge in [0.2, 0.25) is 0 Å². The van der Waals surface area contributed by atoms with Gasteiger partial charge >= 0.3 is 0 Å². The van der Waals surface area contributed by atoms with Crippen LogP contribution in [0.25, 0.3) is 0 Å². The first-order chi connectivity index (χ1) is 9.04. The lowest BCUT2D eigenvalue weighted by Gasteiger charge is -2.15. The summed E-state index contributed by atoms with van der Waals surface area (Å²) in [5.74, 6) is 0.706. The standard InChI is InChI=1S/C17H29NO/c1-13(12-18-8-9-19-5)6-7-17-15(3)10-14(2)11-16(17)4/h10-11,13,18H,6-9,12H2,1-5H3. The summed E-state index contributed by atoms with van der Waals surface area (Å²) in [4.78, 5) is 0. The molecular weight excluding hydrogens is 234 g/mol. The number of hydrogen-bond acceptors (Lipinski definition) is 2. The summed E-state index contributed by atoms with van der Waals surface area (Å²) in [5, 5.41) is 3.44. The summed E-state index contributed by atoms with van der Waals surface area (Å²) in [6.07, 6.45) is 2.43. The third kappa shape index (κ3) is 5.75. The molecule has 0 amide bonds. The van der Waals surface area contributed by atoms with Gasteiger partial charge in [-0.05, 0) is 62.8 Å². The fraction of sp³-hybridized carbons (Fsp3) is 0.647. The van der Waals surface area contributed by atoms with Crippen LogP contribution in [-0.2, 0) is 11.2 Å². The Bertz CT molecular complexity index is 364. The second-order valence-corrected chi connectivity index (χ2v) is 5.72. The van der Waals surface area contributed by atoms with Gasteiger partial charge in [-0.15, -0.1) is 0 Å². The van der Waals surface area contributed by atoms with E-state index in [1.54, 1.807) is 7.11 Å². The largest absolute Gasteiger partial charge is 0.383 e. The van der Waals surface area contributed by atoms with E-state index < -0.39 is 0 Å². The molecule has 0 aliphatic rings. The van der Waals surface area contributed by atoms with Crippen molar-refractivity contribution in [2.75, 3.05) is 26.8 Å². The van der Waals surface area contributed by atoms with Crippen molar-refractivity contribution in [2.24, 2.45) is 5.92 Å². The topological polar surface area (TPSA) is 21.3 Å². The van der Waals surface area contributed by atoms with E-state index in [2.05, 4.69) is 45.1 Å². The molecule has 2 nitrogen and oxygen atoms in total. The quantitative estimate of drug-likeness (QED) is 0.726. The Morgan fingerprint density at radius 1 is 1.16 bits per heavy atom. The van der Waals surface area contributed by atoms with E-state index in [0.29, 0.717) is 5.92 Å². The molecule has 0 aliphatic heterocycles. The number of methoxy groups -OCH3 is 1. The SMILES string of the molecule is COCCNCC(C)CCc1c(C)cc(C)cc1C. The lowest BCUT2D eigenvalue weighted by molar-refractivity contribution is 0.198. The van der Waals surface area contributed by atoms with Gasteiger partial charge in [0.15, 0.2) is 0 Å². The average molecular weight is 263 g/mol. The van der Waals surface area contributed by atoms with E-state index in [1.807, 2.05) is 0 Å². The Kier molecular flexibility index (Phi) is 7.11. The molecule has 0 saturated carbocycles. The first-order valence-electron chi connectivity index (χ1n) is 7.31. The molecular formula is C17H29NO. The molecule has 1 aromatic carbocycles. The molecule has 0 saturated heterocycles. The van der Waals surface area contributed by atoms with E-state index in [0.717, 1.165) is 19.7 Å². The van der Waals surface area contributed by atoms with Gasteiger partial charge in [-0.3, -0.25) is 0 Å². The minimum atomic E-state index is 0.706. The zero-order valence-corrected chi connectivity index (χ0v) is 13.2. The van der Waals surface area contributed by atoms with Crippen LogP contribution < -0.4 is 5.32 Å². The summed E-state index contributed by atoms with van der Waals surface area (Å²) in [6, 6.07) is 4.59. The second kappa shape index (κ2) is 8.34. The summed E-state index contributed by atoms with van der Waals surface area (Å²) in [7, 11) is 1.74. The van der Waals surface area contributed by atoms with Gasteiger partial charge < -0.3 is 10.1 Å². The van der Waals surface area contributed by atoms with Crippen LogP contribution in [0.15, 0.2) is 12.1 Å². The first kappa shape index (κ1) is 16.2. The van der Waals surface area contributed by atoms with Crippen LogP contribution in [0.1, 0.15) is 35.6 Å². The summed E-state index contributed by atoms with van der Waals surface area (Å²) in [6.45, 7) is 11.8. The normalized spacial score (nSPS) is 12.7. The molecule has 1 N–H and O–H groups in total. The van der Waals surface area contributed by atoms with Crippen molar-refractivity contribution in [3.8, 4) is 0 Å². The highest BCUT2D eigenvalue weighted by molar-refractivity contribution is 5.37. The van der Waals surface area contributed by atoms with E-state index in [4.69, 9.17) is 4.74 Å². The molecule has 2 heteroatoms. The van der Waals surface area contributed by atoms with Crippen molar-refractivity contribution >= 4 is 0 Å². The number of benzene rings is 1. The highest BCUT2D eigenvalue weighted by Gasteiger charge is 2.07. The van der Waals surface area contributed by atoms with Crippen LogP contribution in [-0.4, -0.2) is 26.8 Å². The smallest absolute Gasteiger partial charge is 0.0587 e. The maximum Gasteiger partial charge on any atom is 0.0587 e. The summed E-state index contributed by atoms with van der Waals surface area (Å²) in [5.41, 5.74) is 5.79. The van der Waals surface area contributed by atoms with Crippen LogP contribution in [0.4, 0.5) is 0 Å². The van der Waals surface area contributed by atoms with Crippen molar-refractivity contribution in [1.82, 2.24) is 5.32 Å². The minimum Gasteiger partial charge on any atom is -0.383 e. The Hall–Kier alpha value is -0.860. The predicted molar refractivity (Wildman–Crippen MR) is 82.9 cm³/mol. The van der Waals surface area contributed by atoms with Crippen molar-refractivity contribution in [2.45, 2.75) is 40.5 Å². The Balaban J connectivity index is 2.40. The van der Waals surface area contributed by atoms with Gasteiger partial charge in [0.05, 0.1) is 6.61 Å². The molecule has 1 rings (SSSR count). The molecule has 0 heterocycles. The zero-order chi connectivity index (χ0) is 14.3. The van der Waals surface area contributed by atoms with Gasteiger partial charge in [0.25, 0.3) is 0 Å². The maximum atomic E-state index is 5.03. The first-order valence-corrected chi connectivity index (χ1v) is 7.31. The predicted octanol–water partition coefficient (Wildman–Crippen LogP) is 3.42. The van der Waals surface area contributed by atoms with Crippen molar-refractivity contribution < 1.29 is 4.74 Å². The molecule has 19 heavy (non-hydrogen) atoms. The number of ether oxygens (including phenoxy) is 1. The van der Waals surface area contributed by atoms with Gasteiger partial charge in [-0.2, -0.15) is 0 Å². The van der Waals surface area contributed by atoms with Gasteiger partial charge in [-0.1, -0.05) is 24.6 Å². The average Bonchev–Trinajstić information content (AvgIpc) is 2.33. The third-order valence-corrected chi connectivity index (χ3v) is 3.70. The number of rotatable bonds is 8. The van der Waals surface area contributed by atoms with Crippen molar-refractivity contribution in [3.05, 3.63) is 34.4 Å². The second-order valence-electron chi connectivity index (χ2n) is 5.72. The van der Waals surface area contributed by atoms with Crippen LogP contribution in [0, 0.1) is 26.7 Å². The fourth-order valence-electron chi connectivity index (χ4n) is 2.62. The highest BCUT2D eigenvalue weighted by atomic mass is 16.5. The monoisotopic (exact) mass is 263 g/mol. The molecule has 1 atom stereocenters. The van der Waals surface area contributed by atoms with Crippen LogP contribution in [0.5, 0.6) is 0 Å². The Labute approximate surface area is 118 Å². The Morgan fingerprint density at radius 2 is 1.79 bits per heavy atom. The van der Waals surface area contributed by atoms with Gasteiger partial charge in [0, 0.05) is 13.7 Å². The molecule has 0 bridgehead atoms. The number of aryl methyl sites for hydroxylation is 3. The molecule has 0 aliphatic carbocycles. The number of hydrogen-bond donors (Lipinski definition) is 1. The molecule has 0 radical (unpaired) electrons. The molecule has 1 aromatic rings. The molecule has 108 valence electrons. The summed E-state index contributed by atoms with van der Waals surface area (Å²) < 4.78 is 5.03. The van der Waals surface area contributed by atoms with Gasteiger partial charge in [0.1, 0.15) is 0 Å². The Morgan fingerprint density at radius 3 is 2.37 bits per heavy atom. The third-order valence-electron chi connectivity index (χ3n) is 3.70. The fourth-order valence-corrected chi connectivity index (χ4v) is 2.62. The number of nitrogens with one attached hydrogen (secondary N) is 1. The van der Waals surface area contributed by atoms with E-state index >= 15 is 0 Å². The van der Waals surface area contributed by atoms with Gasteiger partial charge in [-0.25, -0.2) is 0 Å². The van der Waals surface area contributed by atoms with Crippen molar-refractivity contribution in [1.29, 1.82) is 0 Å². The minimum absolute atomic E-state index is 0.706. The van der Waals surface area contributed by atoms with E-state index in [-0.39, 0.29) is 0 Å².